The molecule has 28 heavy (non-hydrogen) atoms. The summed E-state index contributed by atoms with van der Waals surface area (Å²) in [7, 11) is -3.77. The number of pyridine rings is 1. The van der Waals surface area contributed by atoms with Crippen molar-refractivity contribution in [2.24, 2.45) is 0 Å². The summed E-state index contributed by atoms with van der Waals surface area (Å²) >= 11 is 11.9. The monoisotopic (exact) mass is 442 g/mol. The lowest BCUT2D eigenvalue weighted by atomic mass is 10.2. The standard InChI is InChI=1S/C19H20Cl2N2O4S/c20-16-7-6-15(19(24)27-13-14-5-8-18(21)22-12-14)11-17(16)28(25,26)23-9-3-1-2-4-10-23/h5-8,11-12H,1-4,9-10,13H2. The molecule has 1 saturated heterocycles. The second-order valence-electron chi connectivity index (χ2n) is 6.53. The lowest BCUT2D eigenvalue weighted by Gasteiger charge is -2.21. The van der Waals surface area contributed by atoms with Crippen LogP contribution in [0.1, 0.15) is 41.6 Å². The van der Waals surface area contributed by atoms with Crippen LogP contribution in [0, 0.1) is 0 Å². The third-order valence-corrected chi connectivity index (χ3v) is 7.11. The van der Waals surface area contributed by atoms with Gasteiger partial charge >= 0.3 is 5.97 Å². The van der Waals surface area contributed by atoms with Crippen molar-refractivity contribution in [1.82, 2.24) is 9.29 Å². The smallest absolute Gasteiger partial charge is 0.338 e. The van der Waals surface area contributed by atoms with E-state index in [1.165, 1.54) is 28.7 Å². The fourth-order valence-corrected chi connectivity index (χ4v) is 5.10. The molecule has 2 heterocycles. The number of halogens is 2. The summed E-state index contributed by atoms with van der Waals surface area (Å²) in [6.07, 6.45) is 5.14. The topological polar surface area (TPSA) is 76.6 Å². The second-order valence-corrected chi connectivity index (χ2v) is 9.23. The molecule has 0 atom stereocenters. The van der Waals surface area contributed by atoms with Crippen molar-refractivity contribution in [1.29, 1.82) is 0 Å². The number of nitrogens with zero attached hydrogens (tertiary/aromatic N) is 2. The number of esters is 1. The van der Waals surface area contributed by atoms with Crippen molar-refractivity contribution in [3.8, 4) is 0 Å². The largest absolute Gasteiger partial charge is 0.457 e. The van der Waals surface area contributed by atoms with E-state index in [2.05, 4.69) is 4.98 Å². The van der Waals surface area contributed by atoms with Gasteiger partial charge in [0.05, 0.1) is 10.6 Å². The Hall–Kier alpha value is -1.67. The van der Waals surface area contributed by atoms with Crippen molar-refractivity contribution < 1.29 is 17.9 Å². The van der Waals surface area contributed by atoms with E-state index >= 15 is 0 Å². The molecule has 2 aromatic rings. The zero-order valence-electron chi connectivity index (χ0n) is 15.1. The highest BCUT2D eigenvalue weighted by Gasteiger charge is 2.28. The van der Waals surface area contributed by atoms with E-state index in [9.17, 15) is 13.2 Å². The third-order valence-electron chi connectivity index (χ3n) is 4.51. The number of carbonyl (C=O) groups is 1. The Morgan fingerprint density at radius 2 is 1.79 bits per heavy atom. The van der Waals surface area contributed by atoms with Crippen LogP contribution in [-0.4, -0.2) is 36.8 Å². The molecule has 9 heteroatoms. The highest BCUT2D eigenvalue weighted by atomic mass is 35.5. The van der Waals surface area contributed by atoms with Gasteiger partial charge in [0.1, 0.15) is 16.7 Å². The average Bonchev–Trinajstić information content (AvgIpc) is 2.97. The molecule has 0 saturated carbocycles. The maximum absolute atomic E-state index is 13.0. The number of benzene rings is 1. The molecule has 1 aromatic heterocycles. The molecule has 0 bridgehead atoms. The second kappa shape index (κ2) is 9.22. The van der Waals surface area contributed by atoms with Crippen LogP contribution in [0.3, 0.4) is 0 Å². The Bertz CT molecular complexity index is 941. The molecule has 6 nitrogen and oxygen atoms in total. The van der Waals surface area contributed by atoms with Crippen LogP contribution in [0.15, 0.2) is 41.4 Å². The highest BCUT2D eigenvalue weighted by Crippen LogP contribution is 2.28. The first-order chi connectivity index (χ1) is 13.4. The Morgan fingerprint density at radius 1 is 1.07 bits per heavy atom. The molecule has 1 aliphatic rings. The van der Waals surface area contributed by atoms with Crippen LogP contribution in [-0.2, 0) is 21.4 Å². The highest BCUT2D eigenvalue weighted by molar-refractivity contribution is 7.89. The van der Waals surface area contributed by atoms with E-state index in [0.29, 0.717) is 23.8 Å². The number of hydrogen-bond donors (Lipinski definition) is 0. The predicted octanol–water partition coefficient (Wildman–Crippen LogP) is 4.31. The number of sulfonamides is 1. The molecule has 150 valence electrons. The minimum absolute atomic E-state index is 0.000162. The SMILES string of the molecule is O=C(OCc1ccc(Cl)nc1)c1ccc(Cl)c(S(=O)(=O)N2CCCCCC2)c1. The van der Waals surface area contributed by atoms with E-state index in [1.807, 2.05) is 0 Å². The molecule has 0 amide bonds. The summed E-state index contributed by atoms with van der Waals surface area (Å²) in [6, 6.07) is 7.43. The predicted molar refractivity (Wildman–Crippen MR) is 107 cm³/mol. The van der Waals surface area contributed by atoms with Crippen molar-refractivity contribution >= 4 is 39.2 Å². The molecule has 0 aliphatic carbocycles. The quantitative estimate of drug-likeness (QED) is 0.509. The van der Waals surface area contributed by atoms with Crippen molar-refractivity contribution in [2.45, 2.75) is 37.2 Å². The maximum Gasteiger partial charge on any atom is 0.338 e. The Balaban J connectivity index is 1.78. The van der Waals surface area contributed by atoms with Gasteiger partial charge in [-0.2, -0.15) is 4.31 Å². The summed E-state index contributed by atoms with van der Waals surface area (Å²) in [5, 5.41) is 0.429. The summed E-state index contributed by atoms with van der Waals surface area (Å²) < 4.78 is 32.7. The first kappa shape index (κ1) is 21.0. The number of carbonyl (C=O) groups excluding carboxylic acids is 1. The van der Waals surface area contributed by atoms with Gasteiger partial charge < -0.3 is 4.74 Å². The van der Waals surface area contributed by atoms with Crippen LogP contribution >= 0.6 is 23.2 Å². The Morgan fingerprint density at radius 3 is 2.43 bits per heavy atom. The van der Waals surface area contributed by atoms with Gasteiger partial charge in [-0.05, 0) is 37.1 Å². The number of rotatable bonds is 5. The fraction of sp³-hybridized carbons (Fsp3) is 0.368. The molecule has 1 aliphatic heterocycles. The summed E-state index contributed by atoms with van der Waals surface area (Å²) in [4.78, 5) is 16.2. The van der Waals surface area contributed by atoms with Crippen LogP contribution in [0.5, 0.6) is 0 Å². The van der Waals surface area contributed by atoms with Crippen LogP contribution in [0.2, 0.25) is 10.2 Å². The zero-order valence-corrected chi connectivity index (χ0v) is 17.4. The van der Waals surface area contributed by atoms with Crippen LogP contribution < -0.4 is 0 Å². The summed E-state index contributed by atoms with van der Waals surface area (Å²) in [6.45, 7) is 0.910. The maximum atomic E-state index is 13.0. The fourth-order valence-electron chi connectivity index (χ4n) is 2.97. The Kier molecular flexibility index (Phi) is 6.93. The number of aromatic nitrogens is 1. The Labute approximate surface area is 174 Å². The minimum Gasteiger partial charge on any atom is -0.457 e. The lowest BCUT2D eigenvalue weighted by molar-refractivity contribution is 0.0472. The van der Waals surface area contributed by atoms with E-state index in [1.54, 1.807) is 12.1 Å². The molecule has 1 fully saturated rings. The molecule has 3 rings (SSSR count). The minimum atomic E-state index is -3.77. The van der Waals surface area contributed by atoms with Gasteiger partial charge in [-0.25, -0.2) is 18.2 Å². The van der Waals surface area contributed by atoms with E-state index < -0.39 is 16.0 Å². The van der Waals surface area contributed by atoms with Crippen LogP contribution in [0.4, 0.5) is 0 Å². The van der Waals surface area contributed by atoms with Crippen molar-refractivity contribution in [2.75, 3.05) is 13.1 Å². The van der Waals surface area contributed by atoms with E-state index in [4.69, 9.17) is 27.9 Å². The van der Waals surface area contributed by atoms with Crippen LogP contribution in [0.25, 0.3) is 0 Å². The summed E-state index contributed by atoms with van der Waals surface area (Å²) in [5.41, 5.74) is 0.795. The molecular weight excluding hydrogens is 423 g/mol. The van der Waals surface area contributed by atoms with E-state index in [0.717, 1.165) is 25.7 Å². The normalized spacial score (nSPS) is 15.8. The number of ether oxygens (including phenoxy) is 1. The summed E-state index contributed by atoms with van der Waals surface area (Å²) in [5.74, 6) is -0.640. The van der Waals surface area contributed by atoms with Crippen molar-refractivity contribution in [3.63, 3.8) is 0 Å². The van der Waals surface area contributed by atoms with E-state index in [-0.39, 0.29) is 22.1 Å². The number of hydrogen-bond acceptors (Lipinski definition) is 5. The third kappa shape index (κ3) is 5.03. The van der Waals surface area contributed by atoms with Gasteiger partial charge in [0.2, 0.25) is 10.0 Å². The first-order valence-electron chi connectivity index (χ1n) is 8.95. The first-order valence-corrected chi connectivity index (χ1v) is 11.1. The molecule has 1 aromatic carbocycles. The van der Waals surface area contributed by atoms with Gasteiger partial charge in [0.15, 0.2) is 0 Å². The molecule has 0 unspecified atom stereocenters. The van der Waals surface area contributed by atoms with Gasteiger partial charge in [0, 0.05) is 24.8 Å². The van der Waals surface area contributed by atoms with Gasteiger partial charge in [-0.3, -0.25) is 0 Å². The molecule has 0 N–H and O–H groups in total. The van der Waals surface area contributed by atoms with Gasteiger partial charge in [-0.1, -0.05) is 42.1 Å². The molecule has 0 radical (unpaired) electrons. The van der Waals surface area contributed by atoms with Gasteiger partial charge in [0.25, 0.3) is 0 Å². The lowest BCUT2D eigenvalue weighted by Crippen LogP contribution is -2.32. The van der Waals surface area contributed by atoms with Gasteiger partial charge in [-0.15, -0.1) is 0 Å². The average molecular weight is 443 g/mol. The molecular formula is C19H20Cl2N2O4S. The van der Waals surface area contributed by atoms with Crippen molar-refractivity contribution in [3.05, 3.63) is 57.8 Å². The zero-order chi connectivity index (χ0) is 20.1. The molecule has 0 spiro atoms.